The maximum absolute atomic E-state index is 5.44. The van der Waals surface area contributed by atoms with Crippen molar-refractivity contribution in [2.24, 2.45) is 0 Å². The summed E-state index contributed by atoms with van der Waals surface area (Å²) in [5.41, 5.74) is 2.32. The van der Waals surface area contributed by atoms with E-state index in [1.807, 2.05) is 12.1 Å². The quantitative estimate of drug-likeness (QED) is 0.683. The van der Waals surface area contributed by atoms with E-state index < -0.39 is 0 Å². The van der Waals surface area contributed by atoms with E-state index in [4.69, 9.17) is 11.3 Å². The fourth-order valence-electron chi connectivity index (χ4n) is 1.32. The predicted octanol–water partition coefficient (Wildman–Crippen LogP) is 2.88. The summed E-state index contributed by atoms with van der Waals surface area (Å²) in [4.78, 5) is 0. The average molecular weight is 175 g/mol. The molecule has 1 heteroatoms. The number of ether oxygens (including phenoxy) is 1. The number of hydrogen-bond donors (Lipinski definition) is 0. The topological polar surface area (TPSA) is 9.23 Å². The molecule has 1 aromatic carbocycles. The predicted molar refractivity (Wildman–Crippen MR) is 55.5 cm³/mol. The third kappa shape index (κ3) is 2.71. The molecule has 1 atom stereocenters. The first-order valence-electron chi connectivity index (χ1n) is 4.41. The van der Waals surface area contributed by atoms with E-state index in [0.29, 0.717) is 5.92 Å². The number of rotatable bonds is 4. The van der Waals surface area contributed by atoms with Crippen LogP contribution in [0.4, 0.5) is 0 Å². The highest BCUT2D eigenvalue weighted by Gasteiger charge is 2.03. The lowest BCUT2D eigenvalue weighted by Crippen LogP contribution is -2.01. The van der Waals surface area contributed by atoms with Gasteiger partial charge in [-0.25, -0.2) is 0 Å². The molecule has 0 saturated carbocycles. The smallest absolute Gasteiger partial charge is 0.0528 e. The van der Waals surface area contributed by atoms with Crippen molar-refractivity contribution in [2.45, 2.75) is 12.8 Å². The zero-order valence-electron chi connectivity index (χ0n) is 8.16. The van der Waals surface area contributed by atoms with Crippen LogP contribution in [0.1, 0.15) is 24.0 Å². The summed E-state index contributed by atoms with van der Waals surface area (Å²) in [7, 11) is 1.72. The van der Waals surface area contributed by atoms with Gasteiger partial charge in [-0.1, -0.05) is 43.8 Å². The second-order valence-corrected chi connectivity index (χ2v) is 3.19. The summed E-state index contributed by atoms with van der Waals surface area (Å²) >= 11 is 0. The second-order valence-electron chi connectivity index (χ2n) is 3.19. The molecule has 69 valence electrons. The Balaban J connectivity index is 2.81. The zero-order valence-corrected chi connectivity index (χ0v) is 8.16. The van der Waals surface area contributed by atoms with E-state index in [-0.39, 0.29) is 0 Å². The van der Waals surface area contributed by atoms with Crippen molar-refractivity contribution in [1.29, 1.82) is 0 Å². The summed E-state index contributed by atoms with van der Waals surface area (Å²) in [5, 5.41) is 0. The normalized spacial score (nSPS) is 12.5. The molecule has 0 saturated heterocycles. The van der Waals surface area contributed by atoms with Gasteiger partial charge in [-0.05, 0) is 11.1 Å². The SMILES string of the molecule is [CH]=Cc1cccc(C(C)COC)c1. The summed E-state index contributed by atoms with van der Waals surface area (Å²) in [6.45, 7) is 8.32. The third-order valence-corrected chi connectivity index (χ3v) is 2.09. The average Bonchev–Trinajstić information content (AvgIpc) is 2.18. The van der Waals surface area contributed by atoms with Gasteiger partial charge in [0.25, 0.3) is 0 Å². The molecular formula is C12H15O. The highest BCUT2D eigenvalue weighted by atomic mass is 16.5. The summed E-state index contributed by atoms with van der Waals surface area (Å²) < 4.78 is 5.09. The van der Waals surface area contributed by atoms with Crippen LogP contribution >= 0.6 is 0 Å². The van der Waals surface area contributed by atoms with Gasteiger partial charge in [0.05, 0.1) is 6.61 Å². The number of benzene rings is 1. The fraction of sp³-hybridized carbons (Fsp3) is 0.333. The zero-order chi connectivity index (χ0) is 9.68. The van der Waals surface area contributed by atoms with E-state index in [1.165, 1.54) is 5.56 Å². The van der Waals surface area contributed by atoms with Crippen molar-refractivity contribution in [2.75, 3.05) is 13.7 Å². The largest absolute Gasteiger partial charge is 0.384 e. The van der Waals surface area contributed by atoms with Crippen LogP contribution in [-0.2, 0) is 4.74 Å². The minimum Gasteiger partial charge on any atom is -0.384 e. The van der Waals surface area contributed by atoms with E-state index in [2.05, 4.69) is 19.1 Å². The van der Waals surface area contributed by atoms with Crippen molar-refractivity contribution < 1.29 is 4.74 Å². The maximum Gasteiger partial charge on any atom is 0.0528 e. The highest BCUT2D eigenvalue weighted by Crippen LogP contribution is 2.17. The van der Waals surface area contributed by atoms with Crippen molar-refractivity contribution in [3.05, 3.63) is 42.0 Å². The molecule has 0 bridgehead atoms. The van der Waals surface area contributed by atoms with Crippen molar-refractivity contribution >= 4 is 6.08 Å². The van der Waals surface area contributed by atoms with Crippen LogP contribution in [0.3, 0.4) is 0 Å². The Hall–Kier alpha value is -1.08. The molecule has 0 aliphatic heterocycles. The Kier molecular flexibility index (Phi) is 3.71. The lowest BCUT2D eigenvalue weighted by atomic mass is 10.00. The number of hydrogen-bond acceptors (Lipinski definition) is 1. The van der Waals surface area contributed by atoms with Crippen LogP contribution in [0, 0.1) is 6.58 Å². The molecular weight excluding hydrogens is 160 g/mol. The van der Waals surface area contributed by atoms with Crippen LogP contribution in [0.5, 0.6) is 0 Å². The third-order valence-electron chi connectivity index (χ3n) is 2.09. The van der Waals surface area contributed by atoms with E-state index in [1.54, 1.807) is 13.2 Å². The van der Waals surface area contributed by atoms with Gasteiger partial charge in [0, 0.05) is 13.0 Å². The Morgan fingerprint density at radius 1 is 1.54 bits per heavy atom. The fourth-order valence-corrected chi connectivity index (χ4v) is 1.32. The van der Waals surface area contributed by atoms with Crippen LogP contribution < -0.4 is 0 Å². The molecule has 0 amide bonds. The van der Waals surface area contributed by atoms with Crippen LogP contribution in [0.25, 0.3) is 6.08 Å². The summed E-state index contributed by atoms with van der Waals surface area (Å²) in [6.07, 6.45) is 1.61. The molecule has 1 rings (SSSR count). The minimum absolute atomic E-state index is 0.421. The van der Waals surface area contributed by atoms with E-state index in [0.717, 1.165) is 12.2 Å². The second kappa shape index (κ2) is 4.83. The molecule has 1 unspecified atom stereocenters. The van der Waals surface area contributed by atoms with Gasteiger partial charge in [-0.3, -0.25) is 0 Å². The molecule has 1 aromatic rings. The van der Waals surface area contributed by atoms with Crippen LogP contribution in [-0.4, -0.2) is 13.7 Å². The standard InChI is InChI=1S/C12H15O/c1-4-11-6-5-7-12(8-11)10(2)9-13-3/h1,4-8,10H,9H2,2-3H3. The van der Waals surface area contributed by atoms with Crippen molar-refractivity contribution in [3.63, 3.8) is 0 Å². The molecule has 0 aliphatic rings. The van der Waals surface area contributed by atoms with Gasteiger partial charge in [-0.2, -0.15) is 0 Å². The molecule has 0 heterocycles. The van der Waals surface area contributed by atoms with Gasteiger partial charge >= 0.3 is 0 Å². The van der Waals surface area contributed by atoms with Gasteiger partial charge in [0.15, 0.2) is 0 Å². The molecule has 0 fully saturated rings. The van der Waals surface area contributed by atoms with Crippen molar-refractivity contribution in [3.8, 4) is 0 Å². The van der Waals surface area contributed by atoms with Gasteiger partial charge in [0.1, 0.15) is 0 Å². The first-order valence-corrected chi connectivity index (χ1v) is 4.41. The molecule has 1 nitrogen and oxygen atoms in total. The summed E-state index contributed by atoms with van der Waals surface area (Å²) in [6, 6.07) is 8.18. The van der Waals surface area contributed by atoms with Crippen molar-refractivity contribution in [1.82, 2.24) is 0 Å². The van der Waals surface area contributed by atoms with E-state index >= 15 is 0 Å². The number of methoxy groups -OCH3 is 1. The summed E-state index contributed by atoms with van der Waals surface area (Å²) in [5.74, 6) is 0.421. The Morgan fingerprint density at radius 3 is 2.92 bits per heavy atom. The monoisotopic (exact) mass is 175 g/mol. The molecule has 0 N–H and O–H groups in total. The van der Waals surface area contributed by atoms with Crippen LogP contribution in [0.2, 0.25) is 0 Å². The van der Waals surface area contributed by atoms with E-state index in [9.17, 15) is 0 Å². The maximum atomic E-state index is 5.44. The minimum atomic E-state index is 0.421. The molecule has 1 radical (unpaired) electrons. The van der Waals surface area contributed by atoms with Crippen LogP contribution in [0.15, 0.2) is 24.3 Å². The first-order chi connectivity index (χ1) is 6.27. The molecule has 0 aliphatic carbocycles. The Morgan fingerprint density at radius 2 is 2.31 bits per heavy atom. The van der Waals surface area contributed by atoms with Gasteiger partial charge in [-0.15, -0.1) is 0 Å². The highest BCUT2D eigenvalue weighted by molar-refractivity contribution is 5.47. The Bertz CT molecular complexity index is 278. The Labute approximate surface area is 80.0 Å². The molecule has 13 heavy (non-hydrogen) atoms. The molecule has 0 spiro atoms. The lowest BCUT2D eigenvalue weighted by molar-refractivity contribution is 0.184. The van der Waals surface area contributed by atoms with Gasteiger partial charge in [0.2, 0.25) is 0 Å². The first kappa shape index (κ1) is 10.0. The lowest BCUT2D eigenvalue weighted by Gasteiger charge is -2.10. The van der Waals surface area contributed by atoms with Gasteiger partial charge < -0.3 is 4.74 Å². The molecule has 0 aromatic heterocycles.